The molecule has 6 nitrogen and oxygen atoms in total. The lowest BCUT2D eigenvalue weighted by atomic mass is 10.2. The van der Waals surface area contributed by atoms with Gasteiger partial charge in [0.15, 0.2) is 6.29 Å². The van der Waals surface area contributed by atoms with Crippen LogP contribution in [-0.2, 0) is 11.3 Å². The van der Waals surface area contributed by atoms with E-state index in [2.05, 4.69) is 5.32 Å². The summed E-state index contributed by atoms with van der Waals surface area (Å²) in [7, 11) is 0. The molecule has 1 aromatic carbocycles. The van der Waals surface area contributed by atoms with Crippen LogP contribution in [0.4, 0.5) is 4.79 Å². The van der Waals surface area contributed by atoms with Crippen LogP contribution in [0.15, 0.2) is 30.3 Å². The molecule has 6 N–H and O–H groups in total. The summed E-state index contributed by atoms with van der Waals surface area (Å²) in [6.07, 6.45) is -1.15. The number of ether oxygens (including phenoxy) is 1. The Morgan fingerprint density at radius 1 is 1.41 bits per heavy atom. The lowest BCUT2D eigenvalue weighted by Gasteiger charge is -2.19. The minimum Gasteiger partial charge on any atom is -0.367 e. The lowest BCUT2D eigenvalue weighted by Crippen LogP contribution is -2.47. The van der Waals surface area contributed by atoms with Gasteiger partial charge in [-0.1, -0.05) is 30.3 Å². The van der Waals surface area contributed by atoms with E-state index < -0.39 is 18.4 Å². The van der Waals surface area contributed by atoms with Crippen molar-refractivity contribution in [1.82, 2.24) is 5.32 Å². The Hall–Kier alpha value is -1.63. The molecule has 0 aliphatic heterocycles. The van der Waals surface area contributed by atoms with Gasteiger partial charge in [-0.25, -0.2) is 4.79 Å². The van der Waals surface area contributed by atoms with Crippen LogP contribution in [0.1, 0.15) is 5.56 Å². The summed E-state index contributed by atoms with van der Waals surface area (Å²) in [5.74, 6) is 0. The number of aliphatic hydroxyl groups excluding tert-OH is 1. The first-order valence-corrected chi connectivity index (χ1v) is 5.22. The second kappa shape index (κ2) is 6.85. The van der Waals surface area contributed by atoms with Gasteiger partial charge in [0.2, 0.25) is 0 Å². The molecule has 1 aromatic rings. The van der Waals surface area contributed by atoms with Crippen molar-refractivity contribution in [2.45, 2.75) is 18.9 Å². The molecule has 0 heterocycles. The van der Waals surface area contributed by atoms with Crippen LogP contribution in [0.25, 0.3) is 0 Å². The van der Waals surface area contributed by atoms with E-state index in [1.54, 1.807) is 0 Å². The van der Waals surface area contributed by atoms with E-state index in [9.17, 15) is 9.90 Å². The molecular weight excluding hydrogens is 222 g/mol. The van der Waals surface area contributed by atoms with Crippen LogP contribution in [0.5, 0.6) is 0 Å². The molecule has 94 valence electrons. The third-order valence-corrected chi connectivity index (χ3v) is 2.14. The van der Waals surface area contributed by atoms with Gasteiger partial charge in [0.1, 0.15) is 0 Å². The maximum atomic E-state index is 10.4. The molecule has 1 rings (SSSR count). The molecule has 6 heteroatoms. The van der Waals surface area contributed by atoms with E-state index in [0.717, 1.165) is 5.56 Å². The van der Waals surface area contributed by atoms with E-state index in [1.165, 1.54) is 0 Å². The topological polar surface area (TPSA) is 111 Å². The lowest BCUT2D eigenvalue weighted by molar-refractivity contribution is -0.120. The van der Waals surface area contributed by atoms with Crippen molar-refractivity contribution in [3.05, 3.63) is 35.9 Å². The van der Waals surface area contributed by atoms with E-state index >= 15 is 0 Å². The van der Waals surface area contributed by atoms with Gasteiger partial charge in [-0.2, -0.15) is 0 Å². The van der Waals surface area contributed by atoms with Crippen LogP contribution in [-0.4, -0.2) is 30.0 Å². The molecule has 0 spiro atoms. The summed E-state index contributed by atoms with van der Waals surface area (Å²) in [6, 6.07) is 7.99. The largest absolute Gasteiger partial charge is 0.367 e. The molecule has 17 heavy (non-hydrogen) atoms. The average molecular weight is 239 g/mol. The van der Waals surface area contributed by atoms with Crippen molar-refractivity contribution in [2.75, 3.05) is 6.54 Å². The molecular formula is C11H17N3O3. The number of nitrogens with one attached hydrogen (secondary N) is 1. The van der Waals surface area contributed by atoms with Crippen LogP contribution in [0.2, 0.25) is 0 Å². The zero-order valence-electron chi connectivity index (χ0n) is 9.37. The highest BCUT2D eigenvalue weighted by Gasteiger charge is 2.15. The SMILES string of the molecule is NC(=O)NC[C@H](N)C(O)OCc1ccccc1. The number of amides is 2. The van der Waals surface area contributed by atoms with Gasteiger partial charge in [0.25, 0.3) is 0 Å². The summed E-state index contributed by atoms with van der Waals surface area (Å²) in [5.41, 5.74) is 11.4. The maximum Gasteiger partial charge on any atom is 0.312 e. The van der Waals surface area contributed by atoms with Gasteiger partial charge >= 0.3 is 6.03 Å². The molecule has 0 bridgehead atoms. The van der Waals surface area contributed by atoms with Crippen LogP contribution in [0, 0.1) is 0 Å². The normalized spacial score (nSPS) is 14.0. The standard InChI is InChI=1S/C11H17N3O3/c12-9(6-14-11(13)16)10(15)17-7-8-4-2-1-3-5-8/h1-5,9-10,15H,6-7,12H2,(H3,13,14,16)/t9-,10?/m0/s1. The first kappa shape index (κ1) is 13.4. The fourth-order valence-electron chi connectivity index (χ4n) is 1.20. The number of aliphatic hydroxyl groups is 1. The van der Waals surface area contributed by atoms with Crippen molar-refractivity contribution in [3.63, 3.8) is 0 Å². The van der Waals surface area contributed by atoms with Gasteiger partial charge in [-0.05, 0) is 5.56 Å². The molecule has 0 fully saturated rings. The fraction of sp³-hybridized carbons (Fsp3) is 0.364. The molecule has 0 saturated carbocycles. The number of urea groups is 1. The maximum absolute atomic E-state index is 10.4. The molecule has 0 aromatic heterocycles. The molecule has 0 aliphatic carbocycles. The van der Waals surface area contributed by atoms with Crippen molar-refractivity contribution >= 4 is 6.03 Å². The van der Waals surface area contributed by atoms with Crippen molar-refractivity contribution in [2.24, 2.45) is 11.5 Å². The zero-order valence-corrected chi connectivity index (χ0v) is 9.37. The van der Waals surface area contributed by atoms with Gasteiger partial charge in [-0.15, -0.1) is 0 Å². The van der Waals surface area contributed by atoms with E-state index in [4.69, 9.17) is 16.2 Å². The molecule has 2 amide bonds. The first-order chi connectivity index (χ1) is 8.09. The number of benzene rings is 1. The summed E-state index contributed by atoms with van der Waals surface area (Å²) >= 11 is 0. The second-order valence-corrected chi connectivity index (χ2v) is 3.60. The van der Waals surface area contributed by atoms with Gasteiger partial charge < -0.3 is 26.6 Å². The number of carbonyl (C=O) groups excluding carboxylic acids is 1. The number of primary amides is 1. The Balaban J connectivity index is 2.29. The van der Waals surface area contributed by atoms with Crippen molar-refractivity contribution < 1.29 is 14.6 Å². The number of hydrogen-bond donors (Lipinski definition) is 4. The molecule has 2 atom stereocenters. The highest BCUT2D eigenvalue weighted by molar-refractivity contribution is 5.71. The Morgan fingerprint density at radius 2 is 2.06 bits per heavy atom. The van der Waals surface area contributed by atoms with E-state index in [-0.39, 0.29) is 13.2 Å². The molecule has 0 radical (unpaired) electrons. The number of rotatable bonds is 6. The third kappa shape index (κ3) is 5.30. The summed E-state index contributed by atoms with van der Waals surface area (Å²) in [4.78, 5) is 10.4. The minimum absolute atomic E-state index is 0.0608. The summed E-state index contributed by atoms with van der Waals surface area (Å²) in [6.45, 7) is 0.317. The van der Waals surface area contributed by atoms with Crippen LogP contribution in [0.3, 0.4) is 0 Å². The van der Waals surface area contributed by atoms with Gasteiger partial charge in [0.05, 0.1) is 12.6 Å². The predicted molar refractivity (Wildman–Crippen MR) is 62.8 cm³/mol. The summed E-state index contributed by atoms with van der Waals surface area (Å²) in [5, 5.41) is 11.9. The number of hydrogen-bond acceptors (Lipinski definition) is 4. The smallest absolute Gasteiger partial charge is 0.312 e. The van der Waals surface area contributed by atoms with Gasteiger partial charge in [0, 0.05) is 6.54 Å². The first-order valence-electron chi connectivity index (χ1n) is 5.22. The molecule has 0 aliphatic rings. The molecule has 1 unspecified atom stereocenters. The average Bonchev–Trinajstić information content (AvgIpc) is 2.34. The van der Waals surface area contributed by atoms with Crippen LogP contribution >= 0.6 is 0 Å². The second-order valence-electron chi connectivity index (χ2n) is 3.60. The quantitative estimate of drug-likeness (QED) is 0.502. The number of nitrogens with two attached hydrogens (primary N) is 2. The number of carbonyl (C=O) groups is 1. The Morgan fingerprint density at radius 3 is 2.65 bits per heavy atom. The predicted octanol–water partition coefficient (Wildman–Crippen LogP) is -0.483. The van der Waals surface area contributed by atoms with Crippen molar-refractivity contribution in [1.29, 1.82) is 0 Å². The molecule has 0 saturated heterocycles. The zero-order chi connectivity index (χ0) is 12.7. The van der Waals surface area contributed by atoms with E-state index in [1.807, 2.05) is 30.3 Å². The van der Waals surface area contributed by atoms with Crippen molar-refractivity contribution in [3.8, 4) is 0 Å². The highest BCUT2D eigenvalue weighted by atomic mass is 16.6. The third-order valence-electron chi connectivity index (χ3n) is 2.14. The Kier molecular flexibility index (Phi) is 5.41. The monoisotopic (exact) mass is 239 g/mol. The van der Waals surface area contributed by atoms with Gasteiger partial charge in [-0.3, -0.25) is 0 Å². The van der Waals surface area contributed by atoms with Crippen LogP contribution < -0.4 is 16.8 Å². The Labute approximate surface area is 99.6 Å². The van der Waals surface area contributed by atoms with E-state index in [0.29, 0.717) is 0 Å². The fourth-order valence-corrected chi connectivity index (χ4v) is 1.20. The minimum atomic E-state index is -1.15. The summed E-state index contributed by atoms with van der Waals surface area (Å²) < 4.78 is 5.16. The highest BCUT2D eigenvalue weighted by Crippen LogP contribution is 2.03. The Bertz CT molecular complexity index is 345.